The summed E-state index contributed by atoms with van der Waals surface area (Å²) >= 11 is 0. The smallest absolute Gasteiger partial charge is 0.203 e. The van der Waals surface area contributed by atoms with Gasteiger partial charge in [-0.1, -0.05) is 5.92 Å². The largest absolute Gasteiger partial charge is 0.285 e. The van der Waals surface area contributed by atoms with Crippen LogP contribution in [-0.2, 0) is 4.79 Å². The zero-order valence-corrected chi connectivity index (χ0v) is 5.99. The molecule has 1 nitrogen and oxygen atoms in total. The van der Waals surface area contributed by atoms with E-state index in [0.29, 0.717) is 0 Å². The van der Waals surface area contributed by atoms with Gasteiger partial charge in [0.1, 0.15) is 0 Å². The monoisotopic (exact) mass is 148 g/mol. The molecule has 0 rings (SSSR count). The van der Waals surface area contributed by atoms with Crippen LogP contribution in [0, 0.1) is 35.5 Å². The fourth-order valence-electron chi connectivity index (χ4n) is 0.259. The zero-order valence-electron chi connectivity index (χ0n) is 5.99. The van der Waals surface area contributed by atoms with E-state index in [2.05, 4.69) is 35.5 Å². The Morgan fingerprint density at radius 3 is 2.45 bits per heavy atom. The van der Waals surface area contributed by atoms with Crippen molar-refractivity contribution in [2.24, 2.45) is 0 Å². The van der Waals surface area contributed by atoms with Crippen molar-refractivity contribution >= 4 is 5.78 Å². The van der Waals surface area contributed by atoms with Crippen molar-refractivity contribution in [1.82, 2.24) is 0 Å². The average molecular weight is 148 g/mol. The highest BCUT2D eigenvalue weighted by atomic mass is 19.1. The summed E-state index contributed by atoms with van der Waals surface area (Å²) in [4.78, 5) is 10.2. The van der Waals surface area contributed by atoms with Gasteiger partial charge < -0.3 is 0 Å². The van der Waals surface area contributed by atoms with Gasteiger partial charge in [0.2, 0.25) is 5.78 Å². The fourth-order valence-corrected chi connectivity index (χ4v) is 0.259. The summed E-state index contributed by atoms with van der Waals surface area (Å²) in [6, 6.07) is 0. The van der Waals surface area contributed by atoms with Gasteiger partial charge in [-0.15, -0.1) is 0 Å². The number of Topliss-reactive ketones (excluding diaryl/α,β-unsaturated/α-hetero) is 1. The Morgan fingerprint density at radius 2 is 1.91 bits per heavy atom. The van der Waals surface area contributed by atoms with Gasteiger partial charge in [0.05, 0.1) is 0 Å². The Bertz CT molecular complexity index is 309. The first-order valence-electron chi connectivity index (χ1n) is 2.82. The van der Waals surface area contributed by atoms with Crippen molar-refractivity contribution in [3.05, 3.63) is 0 Å². The van der Waals surface area contributed by atoms with Crippen LogP contribution in [0.5, 0.6) is 0 Å². The standard InChI is InChI=1S/C9H5FO/c1-9(11)7-5-3-2-4-6-8-10/h8H2,1H3. The number of ketones is 1. The topological polar surface area (TPSA) is 17.1 Å². The highest BCUT2D eigenvalue weighted by molar-refractivity contribution is 5.93. The molecule has 0 radical (unpaired) electrons. The van der Waals surface area contributed by atoms with E-state index in [9.17, 15) is 9.18 Å². The van der Waals surface area contributed by atoms with Crippen LogP contribution in [0.25, 0.3) is 0 Å². The van der Waals surface area contributed by atoms with Crippen LogP contribution in [0.3, 0.4) is 0 Å². The molecule has 0 fully saturated rings. The number of hydrogen-bond donors (Lipinski definition) is 0. The fraction of sp³-hybridized carbons (Fsp3) is 0.222. The molecule has 0 saturated carbocycles. The lowest BCUT2D eigenvalue weighted by Crippen LogP contribution is -1.78. The highest BCUT2D eigenvalue weighted by Gasteiger charge is 1.74. The highest BCUT2D eigenvalue weighted by Crippen LogP contribution is 1.61. The third-order valence-electron chi connectivity index (χ3n) is 0.581. The van der Waals surface area contributed by atoms with Crippen molar-refractivity contribution in [2.75, 3.05) is 6.67 Å². The molecule has 0 aliphatic rings. The number of alkyl halides is 1. The predicted octanol–water partition coefficient (Wildman–Crippen LogP) is 0.555. The molecule has 0 unspecified atom stereocenters. The molecule has 0 aliphatic heterocycles. The van der Waals surface area contributed by atoms with Gasteiger partial charge in [0.15, 0.2) is 6.67 Å². The number of hydrogen-bond acceptors (Lipinski definition) is 1. The predicted molar refractivity (Wildman–Crippen MR) is 40.0 cm³/mol. The second kappa shape index (κ2) is 6.40. The Hall–Kier alpha value is -1.72. The number of rotatable bonds is 0. The van der Waals surface area contributed by atoms with Gasteiger partial charge in [-0.25, -0.2) is 4.39 Å². The van der Waals surface area contributed by atoms with Crippen molar-refractivity contribution in [2.45, 2.75) is 6.92 Å². The molecular weight excluding hydrogens is 143 g/mol. The second-order valence-electron chi connectivity index (χ2n) is 1.49. The molecule has 0 heterocycles. The lowest BCUT2D eigenvalue weighted by atomic mass is 10.4. The van der Waals surface area contributed by atoms with Crippen molar-refractivity contribution < 1.29 is 9.18 Å². The summed E-state index contributed by atoms with van der Waals surface area (Å²) in [5, 5.41) is 0. The van der Waals surface area contributed by atoms with Crippen LogP contribution in [0.2, 0.25) is 0 Å². The normalized spacial score (nSPS) is 5.64. The van der Waals surface area contributed by atoms with Crippen LogP contribution in [0.15, 0.2) is 0 Å². The first kappa shape index (κ1) is 9.28. The first-order valence-corrected chi connectivity index (χ1v) is 2.82. The van der Waals surface area contributed by atoms with Gasteiger partial charge in [-0.05, 0) is 29.6 Å². The van der Waals surface area contributed by atoms with Crippen molar-refractivity contribution in [3.8, 4) is 35.5 Å². The van der Waals surface area contributed by atoms with E-state index >= 15 is 0 Å². The summed E-state index contributed by atoms with van der Waals surface area (Å²) < 4.78 is 11.3. The van der Waals surface area contributed by atoms with Gasteiger partial charge in [0.25, 0.3) is 0 Å². The van der Waals surface area contributed by atoms with Crippen LogP contribution in [0.4, 0.5) is 4.39 Å². The second-order valence-corrected chi connectivity index (χ2v) is 1.49. The Labute approximate surface area is 65.0 Å². The number of carbonyl (C=O) groups excluding carboxylic acids is 1. The van der Waals surface area contributed by atoms with E-state index in [-0.39, 0.29) is 5.78 Å². The molecule has 0 aromatic heterocycles. The van der Waals surface area contributed by atoms with E-state index in [0.717, 1.165) is 0 Å². The third-order valence-corrected chi connectivity index (χ3v) is 0.581. The molecule has 0 saturated heterocycles. The molecular formula is C9H5FO. The van der Waals surface area contributed by atoms with Crippen molar-refractivity contribution in [1.29, 1.82) is 0 Å². The molecule has 0 aromatic carbocycles. The summed E-state index contributed by atoms with van der Waals surface area (Å²) in [6.45, 7) is 0.622. The SMILES string of the molecule is CC(=O)C#CC#CC#CCF. The van der Waals surface area contributed by atoms with E-state index in [1.54, 1.807) is 0 Å². The number of halogens is 1. The molecule has 0 N–H and O–H groups in total. The lowest BCUT2D eigenvalue weighted by molar-refractivity contribution is -0.111. The lowest BCUT2D eigenvalue weighted by Gasteiger charge is -1.63. The molecule has 11 heavy (non-hydrogen) atoms. The minimum Gasteiger partial charge on any atom is -0.285 e. The molecule has 0 aliphatic carbocycles. The van der Waals surface area contributed by atoms with Crippen LogP contribution in [0.1, 0.15) is 6.92 Å². The van der Waals surface area contributed by atoms with E-state index in [1.165, 1.54) is 6.92 Å². The summed E-state index contributed by atoms with van der Waals surface area (Å²) in [5.41, 5.74) is 0. The minimum absolute atomic E-state index is 0.252. The van der Waals surface area contributed by atoms with Crippen molar-refractivity contribution in [3.63, 3.8) is 0 Å². The molecule has 54 valence electrons. The van der Waals surface area contributed by atoms with Gasteiger partial charge in [-0.2, -0.15) is 0 Å². The summed E-state index contributed by atoms with van der Waals surface area (Å²) in [6.07, 6.45) is 0. The van der Waals surface area contributed by atoms with Gasteiger partial charge >= 0.3 is 0 Å². The molecule has 0 atom stereocenters. The van der Waals surface area contributed by atoms with Gasteiger partial charge in [0, 0.05) is 6.92 Å². The maximum absolute atomic E-state index is 11.3. The average Bonchev–Trinajstić information content (AvgIpc) is 1.96. The van der Waals surface area contributed by atoms with Crippen LogP contribution < -0.4 is 0 Å². The van der Waals surface area contributed by atoms with E-state index < -0.39 is 6.67 Å². The summed E-state index contributed by atoms with van der Waals surface area (Å²) in [5.74, 6) is 13.1. The molecule has 0 spiro atoms. The van der Waals surface area contributed by atoms with E-state index in [4.69, 9.17) is 0 Å². The van der Waals surface area contributed by atoms with E-state index in [1.807, 2.05) is 0 Å². The molecule has 0 bridgehead atoms. The number of carbonyl (C=O) groups is 1. The molecule has 2 heteroatoms. The Balaban J connectivity index is 3.94. The first-order chi connectivity index (χ1) is 5.27. The van der Waals surface area contributed by atoms with Crippen LogP contribution in [-0.4, -0.2) is 12.5 Å². The maximum Gasteiger partial charge on any atom is 0.203 e. The maximum atomic E-state index is 11.3. The quantitative estimate of drug-likeness (QED) is 0.362. The third kappa shape index (κ3) is 8.28. The zero-order chi connectivity index (χ0) is 8.53. The molecule has 0 amide bonds. The molecule has 0 aromatic rings. The summed E-state index contributed by atoms with van der Waals surface area (Å²) in [7, 11) is 0. The Kier molecular flexibility index (Phi) is 5.40. The minimum atomic E-state index is -0.713. The van der Waals surface area contributed by atoms with Gasteiger partial charge in [-0.3, -0.25) is 4.79 Å². The van der Waals surface area contributed by atoms with Crippen LogP contribution >= 0.6 is 0 Å². The Morgan fingerprint density at radius 1 is 1.27 bits per heavy atom.